The Morgan fingerprint density at radius 1 is 0.903 bits per heavy atom. The molecule has 158 valence electrons. The minimum absolute atomic E-state index is 0.0183. The van der Waals surface area contributed by atoms with Gasteiger partial charge in [0, 0.05) is 6.07 Å². The molecule has 0 saturated heterocycles. The summed E-state index contributed by atoms with van der Waals surface area (Å²) < 4.78 is 29.3. The van der Waals surface area contributed by atoms with Crippen molar-refractivity contribution in [3.8, 4) is 11.5 Å². The van der Waals surface area contributed by atoms with Gasteiger partial charge in [0.25, 0.3) is 0 Å². The molecule has 0 amide bonds. The first-order valence-corrected chi connectivity index (χ1v) is 9.46. The van der Waals surface area contributed by atoms with Gasteiger partial charge in [-0.05, 0) is 53.6 Å². The van der Waals surface area contributed by atoms with Gasteiger partial charge < -0.3 is 14.2 Å². The molecule has 0 aliphatic heterocycles. The predicted molar refractivity (Wildman–Crippen MR) is 115 cm³/mol. The van der Waals surface area contributed by atoms with Crippen molar-refractivity contribution in [1.29, 1.82) is 0 Å². The van der Waals surface area contributed by atoms with Crippen molar-refractivity contribution in [3.63, 3.8) is 0 Å². The summed E-state index contributed by atoms with van der Waals surface area (Å²) in [6.07, 6.45) is 2.94. The molecule has 31 heavy (non-hydrogen) atoms. The highest BCUT2D eigenvalue weighted by Gasteiger charge is 2.10. The lowest BCUT2D eigenvalue weighted by Gasteiger charge is -2.07. The van der Waals surface area contributed by atoms with Crippen molar-refractivity contribution in [2.75, 3.05) is 14.2 Å². The molecule has 3 aromatic carbocycles. The van der Waals surface area contributed by atoms with Crippen LogP contribution in [0.2, 0.25) is 0 Å². The van der Waals surface area contributed by atoms with E-state index in [1.165, 1.54) is 32.4 Å². The molecule has 0 saturated carbocycles. The number of esters is 1. The van der Waals surface area contributed by atoms with Gasteiger partial charge in [0.15, 0.2) is 5.78 Å². The second-order valence-electron chi connectivity index (χ2n) is 6.59. The molecule has 0 heterocycles. The average molecular weight is 420 g/mol. The van der Waals surface area contributed by atoms with E-state index >= 15 is 0 Å². The minimum atomic E-state index is -0.627. The van der Waals surface area contributed by atoms with Crippen LogP contribution in [-0.2, 0) is 11.3 Å². The van der Waals surface area contributed by atoms with Crippen LogP contribution in [0, 0.1) is 5.82 Å². The Morgan fingerprint density at radius 3 is 2.19 bits per heavy atom. The molecule has 0 unspecified atom stereocenters. The van der Waals surface area contributed by atoms with E-state index in [-0.39, 0.29) is 11.5 Å². The summed E-state index contributed by atoms with van der Waals surface area (Å²) in [7, 11) is 2.77. The quantitative estimate of drug-likeness (QED) is 0.288. The van der Waals surface area contributed by atoms with Crippen molar-refractivity contribution in [1.82, 2.24) is 0 Å². The maximum Gasteiger partial charge on any atom is 0.337 e. The van der Waals surface area contributed by atoms with E-state index in [4.69, 9.17) is 9.47 Å². The van der Waals surface area contributed by atoms with Crippen LogP contribution < -0.4 is 9.47 Å². The van der Waals surface area contributed by atoms with E-state index in [9.17, 15) is 14.0 Å². The zero-order chi connectivity index (χ0) is 22.2. The second-order valence-corrected chi connectivity index (χ2v) is 6.59. The molecule has 0 aliphatic carbocycles. The summed E-state index contributed by atoms with van der Waals surface area (Å²) in [4.78, 5) is 23.7. The van der Waals surface area contributed by atoms with Crippen LogP contribution in [0.15, 0.2) is 72.8 Å². The monoisotopic (exact) mass is 420 g/mol. The first-order valence-electron chi connectivity index (χ1n) is 9.46. The highest BCUT2D eigenvalue weighted by Crippen LogP contribution is 2.19. The third-order valence-corrected chi connectivity index (χ3v) is 4.53. The Hall–Kier alpha value is -3.93. The number of methoxy groups -OCH3 is 2. The fourth-order valence-electron chi connectivity index (χ4n) is 2.78. The van der Waals surface area contributed by atoms with Gasteiger partial charge in [0.1, 0.15) is 23.9 Å². The molecule has 0 radical (unpaired) electrons. The van der Waals surface area contributed by atoms with Crippen molar-refractivity contribution >= 4 is 17.8 Å². The Kier molecular flexibility index (Phi) is 7.17. The Bertz CT molecular complexity index is 1090. The largest absolute Gasteiger partial charge is 0.497 e. The molecule has 6 heteroatoms. The van der Waals surface area contributed by atoms with Crippen LogP contribution in [0.25, 0.3) is 6.08 Å². The number of hydrogen-bond acceptors (Lipinski definition) is 5. The summed E-state index contributed by atoms with van der Waals surface area (Å²) in [6, 6.07) is 18.2. The maximum absolute atomic E-state index is 14.0. The molecule has 3 aromatic rings. The van der Waals surface area contributed by atoms with Gasteiger partial charge in [0.2, 0.25) is 0 Å². The third kappa shape index (κ3) is 5.79. The first-order chi connectivity index (χ1) is 15.0. The SMILES string of the molecule is COC(=O)c1ccc(COc2ccc(C=CC(=O)c3ccc(OC)cc3F)cc2)cc1. The molecule has 0 spiro atoms. The van der Waals surface area contributed by atoms with Gasteiger partial charge in [-0.25, -0.2) is 9.18 Å². The predicted octanol–water partition coefficient (Wildman–Crippen LogP) is 5.10. The van der Waals surface area contributed by atoms with E-state index in [1.54, 1.807) is 60.7 Å². The molecule has 0 atom stereocenters. The highest BCUT2D eigenvalue weighted by atomic mass is 19.1. The maximum atomic E-state index is 14.0. The summed E-state index contributed by atoms with van der Waals surface area (Å²) in [6.45, 7) is 0.339. The van der Waals surface area contributed by atoms with Crippen molar-refractivity contribution in [3.05, 3.63) is 101 Å². The lowest BCUT2D eigenvalue weighted by atomic mass is 10.1. The van der Waals surface area contributed by atoms with E-state index in [0.717, 1.165) is 11.1 Å². The number of halogens is 1. The van der Waals surface area contributed by atoms with Gasteiger partial charge in [-0.1, -0.05) is 30.3 Å². The zero-order valence-corrected chi connectivity index (χ0v) is 17.1. The smallest absolute Gasteiger partial charge is 0.337 e. The van der Waals surface area contributed by atoms with Crippen LogP contribution in [0.1, 0.15) is 31.8 Å². The number of ketones is 1. The summed E-state index contributed by atoms with van der Waals surface area (Å²) in [5.74, 6) is -0.438. The number of rotatable bonds is 8. The Labute approximate surface area is 179 Å². The van der Waals surface area contributed by atoms with E-state index in [0.29, 0.717) is 23.7 Å². The second kappa shape index (κ2) is 10.2. The summed E-state index contributed by atoms with van der Waals surface area (Å²) >= 11 is 0. The summed E-state index contributed by atoms with van der Waals surface area (Å²) in [5, 5.41) is 0. The number of carbonyl (C=O) groups is 2. The van der Waals surface area contributed by atoms with Crippen LogP contribution in [0.3, 0.4) is 0 Å². The Morgan fingerprint density at radius 2 is 1.58 bits per heavy atom. The van der Waals surface area contributed by atoms with E-state index in [1.807, 2.05) is 0 Å². The first kappa shape index (κ1) is 21.8. The lowest BCUT2D eigenvalue weighted by Crippen LogP contribution is -2.02. The average Bonchev–Trinajstić information content (AvgIpc) is 2.81. The number of allylic oxidation sites excluding steroid dienone is 1. The molecular formula is C25H21FO5. The number of ether oxygens (including phenoxy) is 3. The number of carbonyl (C=O) groups excluding carboxylic acids is 2. The standard InChI is InChI=1S/C25H21FO5/c1-29-21-12-13-22(23(26)15-21)24(27)14-7-17-5-10-20(11-6-17)31-16-18-3-8-19(9-4-18)25(28)30-2/h3-15H,16H2,1-2H3. The molecule has 0 aromatic heterocycles. The molecular weight excluding hydrogens is 399 g/mol. The molecule has 0 N–H and O–H groups in total. The Balaban J connectivity index is 1.57. The van der Waals surface area contributed by atoms with Crippen molar-refractivity contribution < 1.29 is 28.2 Å². The highest BCUT2D eigenvalue weighted by molar-refractivity contribution is 6.07. The number of benzene rings is 3. The molecule has 0 bridgehead atoms. The zero-order valence-electron chi connectivity index (χ0n) is 17.1. The van der Waals surface area contributed by atoms with Gasteiger partial charge in [0.05, 0.1) is 25.3 Å². The van der Waals surface area contributed by atoms with Crippen LogP contribution >= 0.6 is 0 Å². The number of hydrogen-bond donors (Lipinski definition) is 0. The fourth-order valence-corrected chi connectivity index (χ4v) is 2.78. The minimum Gasteiger partial charge on any atom is -0.497 e. The van der Waals surface area contributed by atoms with Crippen LogP contribution in [0.5, 0.6) is 11.5 Å². The van der Waals surface area contributed by atoms with Crippen LogP contribution in [0.4, 0.5) is 4.39 Å². The van der Waals surface area contributed by atoms with Gasteiger partial charge >= 0.3 is 5.97 Å². The van der Waals surface area contributed by atoms with E-state index in [2.05, 4.69) is 4.74 Å². The van der Waals surface area contributed by atoms with Crippen molar-refractivity contribution in [2.45, 2.75) is 6.61 Å². The molecule has 5 nitrogen and oxygen atoms in total. The van der Waals surface area contributed by atoms with Gasteiger partial charge in [-0.15, -0.1) is 0 Å². The summed E-state index contributed by atoms with van der Waals surface area (Å²) in [5.41, 5.74) is 2.14. The molecule has 0 aliphatic rings. The van der Waals surface area contributed by atoms with Gasteiger partial charge in [-0.3, -0.25) is 4.79 Å². The lowest BCUT2D eigenvalue weighted by molar-refractivity contribution is 0.0600. The van der Waals surface area contributed by atoms with E-state index < -0.39 is 11.6 Å². The topological polar surface area (TPSA) is 61.8 Å². The van der Waals surface area contributed by atoms with Gasteiger partial charge in [-0.2, -0.15) is 0 Å². The molecule has 3 rings (SSSR count). The third-order valence-electron chi connectivity index (χ3n) is 4.53. The van der Waals surface area contributed by atoms with Crippen LogP contribution in [-0.4, -0.2) is 26.0 Å². The normalized spacial score (nSPS) is 10.7. The molecule has 0 fully saturated rings. The fraction of sp³-hybridized carbons (Fsp3) is 0.120. The van der Waals surface area contributed by atoms with Crippen molar-refractivity contribution in [2.24, 2.45) is 0 Å².